The maximum atomic E-state index is 13.7. The third-order valence-corrected chi connectivity index (χ3v) is 8.05. The summed E-state index contributed by atoms with van der Waals surface area (Å²) < 4.78 is 47.6. The van der Waals surface area contributed by atoms with Crippen molar-refractivity contribution in [2.75, 3.05) is 11.9 Å². The van der Waals surface area contributed by atoms with Crippen molar-refractivity contribution >= 4 is 49.8 Å². The molecule has 6 nitrogen and oxygen atoms in total. The molecule has 11 heteroatoms. The molecule has 1 aliphatic carbocycles. The molecule has 0 radical (unpaired) electrons. The van der Waals surface area contributed by atoms with E-state index >= 15 is 0 Å². The van der Waals surface area contributed by atoms with E-state index in [1.54, 1.807) is 37.3 Å². The summed E-state index contributed by atoms with van der Waals surface area (Å²) in [6, 6.07) is 9.66. The Morgan fingerprint density at radius 3 is 2.60 bits per heavy atom. The van der Waals surface area contributed by atoms with E-state index in [2.05, 4.69) is 10.4 Å². The molecule has 1 amide bonds. The highest BCUT2D eigenvalue weighted by molar-refractivity contribution is 7.21. The van der Waals surface area contributed by atoms with Gasteiger partial charge in [0.05, 0.1) is 22.7 Å². The highest BCUT2D eigenvalue weighted by atomic mass is 32.1. The number of halogens is 3. The van der Waals surface area contributed by atoms with E-state index in [9.17, 15) is 22.8 Å². The van der Waals surface area contributed by atoms with Crippen LogP contribution in [0.1, 0.15) is 55.9 Å². The van der Waals surface area contributed by atoms with Crippen LogP contribution in [0.5, 0.6) is 0 Å². The number of nitrogens with zero attached hydrogens (tertiary/aromatic N) is 2. The van der Waals surface area contributed by atoms with Crippen LogP contribution in [0.4, 0.5) is 18.2 Å². The zero-order chi connectivity index (χ0) is 24.7. The number of esters is 1. The first kappa shape index (κ1) is 23.6. The summed E-state index contributed by atoms with van der Waals surface area (Å²) in [5, 5.41) is 6.79. The first-order chi connectivity index (χ1) is 16.8. The fourth-order valence-corrected chi connectivity index (χ4v) is 6.51. The second-order valence-corrected chi connectivity index (χ2v) is 10.1. The van der Waals surface area contributed by atoms with Gasteiger partial charge in [-0.3, -0.25) is 4.79 Å². The maximum absolute atomic E-state index is 13.7. The summed E-state index contributed by atoms with van der Waals surface area (Å²) in [6.07, 6.45) is -1.21. The van der Waals surface area contributed by atoms with Gasteiger partial charge in [0.25, 0.3) is 5.91 Å². The number of para-hydroxylation sites is 1. The predicted octanol–water partition coefficient (Wildman–Crippen LogP) is 6.48. The van der Waals surface area contributed by atoms with E-state index in [0.717, 1.165) is 47.5 Å². The minimum absolute atomic E-state index is 0.0914. The van der Waals surface area contributed by atoms with E-state index in [4.69, 9.17) is 4.74 Å². The number of anilines is 1. The number of alkyl halides is 3. The molecule has 182 valence electrons. The number of nitrogens with one attached hydrogen (secondary N) is 1. The number of carbonyl (C=O) groups is 2. The van der Waals surface area contributed by atoms with Crippen LogP contribution in [-0.4, -0.2) is 28.3 Å². The van der Waals surface area contributed by atoms with Crippen molar-refractivity contribution in [1.82, 2.24) is 9.78 Å². The van der Waals surface area contributed by atoms with Gasteiger partial charge in [0, 0.05) is 10.3 Å². The molecule has 0 bridgehead atoms. The zero-order valence-corrected chi connectivity index (χ0v) is 20.2. The smallest absolute Gasteiger partial charge is 0.435 e. The number of rotatable bonds is 5. The van der Waals surface area contributed by atoms with Gasteiger partial charge < -0.3 is 10.1 Å². The van der Waals surface area contributed by atoms with Gasteiger partial charge in [0.1, 0.15) is 9.83 Å². The van der Waals surface area contributed by atoms with Gasteiger partial charge in [-0.15, -0.1) is 22.7 Å². The fourth-order valence-electron chi connectivity index (χ4n) is 4.21. The van der Waals surface area contributed by atoms with Crippen molar-refractivity contribution < 1.29 is 27.5 Å². The van der Waals surface area contributed by atoms with E-state index in [0.29, 0.717) is 16.3 Å². The van der Waals surface area contributed by atoms with Crippen molar-refractivity contribution in [3.05, 3.63) is 63.0 Å². The molecular formula is C24H20F3N3O3S2. The molecule has 35 heavy (non-hydrogen) atoms. The van der Waals surface area contributed by atoms with Crippen molar-refractivity contribution in [1.29, 1.82) is 0 Å². The Kier molecular flexibility index (Phi) is 6.14. The van der Waals surface area contributed by atoms with E-state index in [1.165, 1.54) is 22.1 Å². The SMILES string of the molecule is CCOC(=O)c1c(NC(=O)c2cc3c(C(F)(F)F)nn(-c4ccccc4)c3s2)sc2c1CCCC2. The topological polar surface area (TPSA) is 73.2 Å². The number of benzene rings is 1. The van der Waals surface area contributed by atoms with E-state index in [-0.39, 0.29) is 21.7 Å². The van der Waals surface area contributed by atoms with Crippen LogP contribution < -0.4 is 5.32 Å². The second-order valence-electron chi connectivity index (χ2n) is 8.01. The van der Waals surface area contributed by atoms with Gasteiger partial charge in [-0.05, 0) is 56.4 Å². The second kappa shape index (κ2) is 9.12. The first-order valence-electron chi connectivity index (χ1n) is 11.1. The van der Waals surface area contributed by atoms with Crippen molar-refractivity contribution in [2.45, 2.75) is 38.8 Å². The Balaban J connectivity index is 1.55. The summed E-state index contributed by atoms with van der Waals surface area (Å²) in [5.41, 5.74) is 0.653. The lowest BCUT2D eigenvalue weighted by molar-refractivity contribution is -0.140. The minimum Gasteiger partial charge on any atom is -0.462 e. The van der Waals surface area contributed by atoms with E-state index in [1.807, 2.05) is 0 Å². The third kappa shape index (κ3) is 4.34. The molecule has 0 spiro atoms. The summed E-state index contributed by atoms with van der Waals surface area (Å²) >= 11 is 2.25. The summed E-state index contributed by atoms with van der Waals surface area (Å²) in [7, 11) is 0. The molecule has 1 N–H and O–H groups in total. The first-order valence-corrected chi connectivity index (χ1v) is 12.7. The molecule has 0 saturated heterocycles. The summed E-state index contributed by atoms with van der Waals surface area (Å²) in [4.78, 5) is 27.2. The van der Waals surface area contributed by atoms with E-state index < -0.39 is 23.7 Å². The van der Waals surface area contributed by atoms with Gasteiger partial charge in [0.15, 0.2) is 5.69 Å². The summed E-state index contributed by atoms with van der Waals surface area (Å²) in [5.74, 6) is -1.08. The molecule has 0 unspecified atom stereocenters. The van der Waals surface area contributed by atoms with Gasteiger partial charge in [-0.1, -0.05) is 18.2 Å². The monoisotopic (exact) mass is 519 g/mol. The number of ether oxygens (including phenoxy) is 1. The molecule has 5 rings (SSSR count). The van der Waals surface area contributed by atoms with Gasteiger partial charge in [0.2, 0.25) is 0 Å². The molecule has 1 aromatic carbocycles. The Morgan fingerprint density at radius 1 is 1.14 bits per heavy atom. The van der Waals surface area contributed by atoms with Crippen LogP contribution in [0.2, 0.25) is 0 Å². The Hall–Kier alpha value is -3.18. The predicted molar refractivity (Wildman–Crippen MR) is 129 cm³/mol. The highest BCUT2D eigenvalue weighted by Crippen LogP contribution is 2.41. The third-order valence-electron chi connectivity index (χ3n) is 5.73. The molecule has 0 saturated carbocycles. The van der Waals surface area contributed by atoms with Crippen LogP contribution in [-0.2, 0) is 23.8 Å². The van der Waals surface area contributed by atoms with Gasteiger partial charge >= 0.3 is 12.1 Å². The minimum atomic E-state index is -4.68. The van der Waals surface area contributed by atoms with Gasteiger partial charge in [-0.25, -0.2) is 9.48 Å². The summed E-state index contributed by atoms with van der Waals surface area (Å²) in [6.45, 7) is 1.91. The highest BCUT2D eigenvalue weighted by Gasteiger charge is 2.38. The number of hydrogen-bond acceptors (Lipinski definition) is 6. The molecule has 1 aliphatic rings. The van der Waals surface area contributed by atoms with Crippen molar-refractivity contribution in [3.8, 4) is 5.69 Å². The molecule has 3 heterocycles. The molecule has 0 atom stereocenters. The lowest BCUT2D eigenvalue weighted by Crippen LogP contribution is -2.15. The van der Waals surface area contributed by atoms with Crippen LogP contribution >= 0.6 is 22.7 Å². The number of aryl methyl sites for hydroxylation is 1. The lowest BCUT2D eigenvalue weighted by atomic mass is 9.95. The number of carbonyl (C=O) groups excluding carboxylic acids is 2. The molecule has 3 aromatic heterocycles. The van der Waals surface area contributed by atoms with Gasteiger partial charge in [-0.2, -0.15) is 18.3 Å². The molecule has 0 aliphatic heterocycles. The van der Waals surface area contributed by atoms with Crippen LogP contribution in [0.15, 0.2) is 36.4 Å². The standard InChI is InChI=1S/C24H20F3N3O3S2/c1-2-33-23(32)18-14-10-6-7-11-16(14)34-21(18)28-20(31)17-12-15-19(24(25,26)27)29-30(22(15)35-17)13-8-4-3-5-9-13/h3-5,8-9,12H,2,6-7,10-11H2,1H3,(H,28,31). The van der Waals surface area contributed by atoms with Crippen LogP contribution in [0.3, 0.4) is 0 Å². The quantitative estimate of drug-likeness (QED) is 0.307. The molecular weight excluding hydrogens is 499 g/mol. The van der Waals surface area contributed by atoms with Crippen molar-refractivity contribution in [2.24, 2.45) is 0 Å². The normalized spacial score (nSPS) is 13.6. The fraction of sp³-hybridized carbons (Fsp3) is 0.292. The molecule has 4 aromatic rings. The van der Waals surface area contributed by atoms with Crippen LogP contribution in [0.25, 0.3) is 15.9 Å². The Bertz CT molecular complexity index is 1420. The Morgan fingerprint density at radius 2 is 1.89 bits per heavy atom. The molecule has 0 fully saturated rings. The average molecular weight is 520 g/mol. The Labute approximate surface area is 206 Å². The number of aromatic nitrogens is 2. The number of hydrogen-bond donors (Lipinski definition) is 1. The number of amides is 1. The van der Waals surface area contributed by atoms with Crippen molar-refractivity contribution in [3.63, 3.8) is 0 Å². The van der Waals surface area contributed by atoms with Crippen LogP contribution in [0, 0.1) is 0 Å². The largest absolute Gasteiger partial charge is 0.462 e. The maximum Gasteiger partial charge on any atom is 0.435 e. The number of fused-ring (bicyclic) bond motifs is 2. The lowest BCUT2D eigenvalue weighted by Gasteiger charge is -2.12. The average Bonchev–Trinajstić information content (AvgIpc) is 3.50. The number of thiophene rings is 2. The zero-order valence-electron chi connectivity index (χ0n) is 18.6.